The minimum absolute atomic E-state index is 0.108. The fourth-order valence-electron chi connectivity index (χ4n) is 2.05. The molecule has 0 aliphatic carbocycles. The Bertz CT molecular complexity index is 582. The van der Waals surface area contributed by atoms with Gasteiger partial charge in [0.2, 0.25) is 0 Å². The number of H-pyrrole nitrogens is 1. The summed E-state index contributed by atoms with van der Waals surface area (Å²) in [6.07, 6.45) is 0.631. The van der Waals surface area contributed by atoms with E-state index in [4.69, 9.17) is 5.11 Å². The number of nitrogens with zero attached hydrogens (tertiary/aromatic N) is 2. The average molecular weight is 289 g/mol. The van der Waals surface area contributed by atoms with E-state index in [9.17, 15) is 18.3 Å². The summed E-state index contributed by atoms with van der Waals surface area (Å²) in [5.41, 5.74) is 0. The molecule has 9 heteroatoms. The van der Waals surface area contributed by atoms with Crippen LogP contribution >= 0.6 is 0 Å². The van der Waals surface area contributed by atoms with Gasteiger partial charge < -0.3 is 15.2 Å². The third-order valence-electron chi connectivity index (χ3n) is 3.05. The topological polar surface area (TPSA) is 124 Å². The molecule has 0 radical (unpaired) electrons. The molecule has 0 amide bonds. The van der Waals surface area contributed by atoms with Gasteiger partial charge >= 0.3 is 5.97 Å². The van der Waals surface area contributed by atoms with Crippen LogP contribution in [0.5, 0.6) is 0 Å². The number of aromatic nitrogens is 2. The second-order valence-electron chi connectivity index (χ2n) is 4.37. The number of nitrogens with one attached hydrogen (secondary N) is 1. The molecule has 0 bridgehead atoms. The van der Waals surface area contributed by atoms with Crippen LogP contribution in [0, 0.1) is 0 Å². The zero-order valence-corrected chi connectivity index (χ0v) is 11.1. The Balaban J connectivity index is 2.35. The normalized spacial score (nSPS) is 24.7. The molecule has 0 aromatic carbocycles. The molecule has 8 nitrogen and oxygen atoms in total. The van der Waals surface area contributed by atoms with E-state index in [0.717, 1.165) is 10.5 Å². The maximum absolute atomic E-state index is 12.3. The Morgan fingerprint density at radius 1 is 1.63 bits per heavy atom. The number of aliphatic hydroxyl groups is 1. The number of rotatable bonds is 4. The van der Waals surface area contributed by atoms with Crippen molar-refractivity contribution < 1.29 is 23.4 Å². The molecule has 0 spiro atoms. The van der Waals surface area contributed by atoms with E-state index in [2.05, 4.69) is 9.97 Å². The second kappa shape index (κ2) is 4.91. The Hall–Kier alpha value is -1.45. The van der Waals surface area contributed by atoms with E-state index < -0.39 is 28.1 Å². The first kappa shape index (κ1) is 14.0. The number of carboxylic acid groups (broad SMARTS) is 1. The Kier molecular flexibility index (Phi) is 3.61. The van der Waals surface area contributed by atoms with Crippen LogP contribution in [0.3, 0.4) is 0 Å². The summed E-state index contributed by atoms with van der Waals surface area (Å²) in [6, 6.07) is -1.24. The van der Waals surface area contributed by atoms with Crippen LogP contribution in [0.15, 0.2) is 11.2 Å². The molecule has 0 saturated carbocycles. The molecule has 3 N–H and O–H groups in total. The van der Waals surface area contributed by atoms with Crippen molar-refractivity contribution in [2.45, 2.75) is 36.9 Å². The Labute approximate surface area is 110 Å². The number of β-amino-alcohol motifs (C(OH)–C–C–N with tert-alkyl or cyclic N) is 1. The lowest BCUT2D eigenvalue weighted by Gasteiger charge is -2.19. The summed E-state index contributed by atoms with van der Waals surface area (Å²) in [5.74, 6) is -0.763. The molecule has 1 saturated heterocycles. The molecule has 1 aromatic rings. The summed E-state index contributed by atoms with van der Waals surface area (Å²) < 4.78 is 25.4. The van der Waals surface area contributed by atoms with Crippen molar-refractivity contribution in [2.75, 3.05) is 6.54 Å². The molecule has 1 fully saturated rings. The zero-order chi connectivity index (χ0) is 14.2. The van der Waals surface area contributed by atoms with Crippen LogP contribution in [-0.2, 0) is 21.2 Å². The van der Waals surface area contributed by atoms with Crippen molar-refractivity contribution in [3.05, 3.63) is 12.0 Å². The van der Waals surface area contributed by atoms with Gasteiger partial charge in [0.15, 0.2) is 5.03 Å². The molecule has 19 heavy (non-hydrogen) atoms. The van der Waals surface area contributed by atoms with Crippen LogP contribution in [0.25, 0.3) is 0 Å². The molecule has 106 valence electrons. The van der Waals surface area contributed by atoms with Gasteiger partial charge in [-0.1, -0.05) is 6.92 Å². The Morgan fingerprint density at radius 2 is 2.32 bits per heavy atom. The van der Waals surface area contributed by atoms with Gasteiger partial charge in [0.05, 0.1) is 12.3 Å². The molecule has 1 aromatic heterocycles. The third kappa shape index (κ3) is 2.48. The quantitative estimate of drug-likeness (QED) is 0.665. The molecular weight excluding hydrogens is 274 g/mol. The number of aliphatic carboxylic acids is 1. The lowest BCUT2D eigenvalue weighted by molar-refractivity contribution is -0.140. The van der Waals surface area contributed by atoms with Crippen LogP contribution in [-0.4, -0.2) is 57.6 Å². The molecule has 1 aliphatic heterocycles. The van der Waals surface area contributed by atoms with Crippen molar-refractivity contribution in [2.24, 2.45) is 0 Å². The summed E-state index contributed by atoms with van der Waals surface area (Å²) in [4.78, 5) is 17.6. The largest absolute Gasteiger partial charge is 0.480 e. The number of hydrogen-bond donors (Lipinski definition) is 3. The first-order valence-electron chi connectivity index (χ1n) is 5.82. The number of carboxylic acids is 1. The summed E-state index contributed by atoms with van der Waals surface area (Å²) in [5, 5.41) is 18.4. The number of hydrogen-bond acceptors (Lipinski definition) is 5. The summed E-state index contributed by atoms with van der Waals surface area (Å²) in [7, 11) is -3.98. The zero-order valence-electron chi connectivity index (χ0n) is 10.3. The van der Waals surface area contributed by atoms with Crippen molar-refractivity contribution in [1.82, 2.24) is 14.3 Å². The van der Waals surface area contributed by atoms with E-state index in [1.54, 1.807) is 0 Å². The van der Waals surface area contributed by atoms with Gasteiger partial charge in [0.1, 0.15) is 11.9 Å². The predicted octanol–water partition coefficient (Wildman–Crippen LogP) is -0.819. The smallest absolute Gasteiger partial charge is 0.322 e. The minimum atomic E-state index is -3.98. The molecule has 2 heterocycles. The number of sulfonamides is 1. The van der Waals surface area contributed by atoms with E-state index in [0.29, 0.717) is 12.2 Å². The first-order valence-corrected chi connectivity index (χ1v) is 7.27. The number of aryl methyl sites for hydroxylation is 1. The number of aromatic amines is 1. The fraction of sp³-hybridized carbons (Fsp3) is 0.600. The van der Waals surface area contributed by atoms with E-state index >= 15 is 0 Å². The maximum atomic E-state index is 12.3. The van der Waals surface area contributed by atoms with E-state index in [-0.39, 0.29) is 18.0 Å². The van der Waals surface area contributed by atoms with E-state index in [1.165, 1.54) is 0 Å². The summed E-state index contributed by atoms with van der Waals surface area (Å²) in [6.45, 7) is 1.59. The Morgan fingerprint density at radius 3 is 2.84 bits per heavy atom. The predicted molar refractivity (Wildman–Crippen MR) is 63.9 cm³/mol. The van der Waals surface area contributed by atoms with Crippen LogP contribution in [0.1, 0.15) is 19.2 Å². The van der Waals surface area contributed by atoms with Crippen molar-refractivity contribution in [3.8, 4) is 0 Å². The highest BCUT2D eigenvalue weighted by molar-refractivity contribution is 7.89. The fourth-order valence-corrected chi connectivity index (χ4v) is 3.62. The molecule has 1 aliphatic rings. The highest BCUT2D eigenvalue weighted by atomic mass is 32.2. The maximum Gasteiger partial charge on any atom is 0.322 e. The number of carbonyl (C=O) groups is 1. The van der Waals surface area contributed by atoms with Gasteiger partial charge in [0, 0.05) is 19.4 Å². The molecule has 0 unspecified atom stereocenters. The molecule has 2 rings (SSSR count). The van der Waals surface area contributed by atoms with Crippen molar-refractivity contribution in [3.63, 3.8) is 0 Å². The lowest BCUT2D eigenvalue weighted by Crippen LogP contribution is -2.40. The minimum Gasteiger partial charge on any atom is -0.480 e. The highest BCUT2D eigenvalue weighted by Gasteiger charge is 2.44. The SMILES string of the molecule is CCc1ncc(S(=O)(=O)N2C[C@H](O)C[C@H]2C(=O)O)[nH]1. The van der Waals surface area contributed by atoms with Crippen LogP contribution in [0.2, 0.25) is 0 Å². The van der Waals surface area contributed by atoms with Crippen molar-refractivity contribution in [1.29, 1.82) is 0 Å². The number of aliphatic hydroxyl groups excluding tert-OH is 1. The summed E-state index contributed by atoms with van der Waals surface area (Å²) >= 11 is 0. The van der Waals surface area contributed by atoms with Gasteiger partial charge in [-0.05, 0) is 0 Å². The van der Waals surface area contributed by atoms with E-state index in [1.807, 2.05) is 6.92 Å². The van der Waals surface area contributed by atoms with Crippen LogP contribution in [0.4, 0.5) is 0 Å². The second-order valence-corrected chi connectivity index (χ2v) is 6.22. The van der Waals surface area contributed by atoms with Crippen molar-refractivity contribution >= 4 is 16.0 Å². The highest BCUT2D eigenvalue weighted by Crippen LogP contribution is 2.25. The van der Waals surface area contributed by atoms with Crippen LogP contribution < -0.4 is 0 Å². The molecular formula is C10H15N3O5S. The first-order chi connectivity index (χ1) is 8.86. The standard InChI is InChI=1S/C10H15N3O5S/c1-2-8-11-4-9(12-8)19(17,18)13-5-6(14)3-7(13)10(15)16/h4,6-7,14H,2-3,5H2,1H3,(H,11,12)(H,15,16)/t6-,7+/m1/s1. The van der Waals surface area contributed by atoms with Gasteiger partial charge in [0.25, 0.3) is 10.0 Å². The third-order valence-corrected chi connectivity index (χ3v) is 4.83. The number of imidazole rings is 1. The van der Waals surface area contributed by atoms with Gasteiger partial charge in [-0.3, -0.25) is 4.79 Å². The van der Waals surface area contributed by atoms with Gasteiger partial charge in [-0.25, -0.2) is 13.4 Å². The monoisotopic (exact) mass is 289 g/mol. The van der Waals surface area contributed by atoms with Gasteiger partial charge in [-0.15, -0.1) is 0 Å². The van der Waals surface area contributed by atoms with Gasteiger partial charge in [-0.2, -0.15) is 4.31 Å². The lowest BCUT2D eigenvalue weighted by atomic mass is 10.2. The molecule has 2 atom stereocenters. The average Bonchev–Trinajstić information content (AvgIpc) is 2.94.